The zero-order chi connectivity index (χ0) is 22.7. The molecule has 6 nitrogen and oxygen atoms in total. The summed E-state index contributed by atoms with van der Waals surface area (Å²) in [6, 6.07) is 12.6. The number of piperidine rings is 1. The van der Waals surface area contributed by atoms with Gasteiger partial charge >= 0.3 is 0 Å². The van der Waals surface area contributed by atoms with Crippen LogP contribution in [0.1, 0.15) is 24.1 Å². The van der Waals surface area contributed by atoms with Gasteiger partial charge in [0.05, 0.1) is 25.2 Å². The topological polar surface area (TPSA) is 68.7 Å². The minimum atomic E-state index is -3.54. The number of rotatable bonds is 7. The third-order valence-electron chi connectivity index (χ3n) is 5.69. The first-order valence-electron chi connectivity index (χ1n) is 10.3. The van der Waals surface area contributed by atoms with Crippen molar-refractivity contribution in [1.29, 1.82) is 0 Å². The number of ether oxygens (including phenoxy) is 2. The van der Waals surface area contributed by atoms with E-state index < -0.39 is 15.1 Å². The van der Waals surface area contributed by atoms with Crippen molar-refractivity contribution in [1.82, 2.24) is 4.98 Å². The highest BCUT2D eigenvalue weighted by Crippen LogP contribution is 2.34. The van der Waals surface area contributed by atoms with Crippen LogP contribution >= 0.6 is 22.9 Å². The molecule has 1 aromatic heterocycles. The fraction of sp³-hybridized carbons (Fsp3) is 0.348. The van der Waals surface area contributed by atoms with Gasteiger partial charge < -0.3 is 14.4 Å². The first-order chi connectivity index (χ1) is 15.4. The maximum absolute atomic E-state index is 13.2. The number of methoxy groups -OCH3 is 2. The second kappa shape index (κ2) is 9.68. The number of para-hydroxylation sites is 1. The first-order valence-corrected chi connectivity index (χ1v) is 13.1. The van der Waals surface area contributed by atoms with Crippen molar-refractivity contribution in [3.63, 3.8) is 0 Å². The van der Waals surface area contributed by atoms with E-state index in [-0.39, 0.29) is 4.90 Å². The van der Waals surface area contributed by atoms with Crippen LogP contribution in [0.25, 0.3) is 0 Å². The summed E-state index contributed by atoms with van der Waals surface area (Å²) < 4.78 is 37.2. The van der Waals surface area contributed by atoms with Crippen LogP contribution < -0.4 is 14.4 Å². The number of thiazole rings is 1. The predicted octanol–water partition coefficient (Wildman–Crippen LogP) is 4.85. The molecule has 0 bridgehead atoms. The van der Waals surface area contributed by atoms with Crippen molar-refractivity contribution < 1.29 is 17.9 Å². The largest absolute Gasteiger partial charge is 0.496 e. The summed E-state index contributed by atoms with van der Waals surface area (Å²) in [6.07, 6.45) is 1.75. The second-order valence-corrected chi connectivity index (χ2v) is 11.1. The molecule has 1 aliphatic rings. The molecule has 0 radical (unpaired) electrons. The van der Waals surface area contributed by atoms with E-state index in [4.69, 9.17) is 26.1 Å². The molecule has 0 amide bonds. The van der Waals surface area contributed by atoms with Gasteiger partial charge in [0, 0.05) is 35.5 Å². The van der Waals surface area contributed by atoms with Crippen LogP contribution in [-0.2, 0) is 16.3 Å². The van der Waals surface area contributed by atoms with Gasteiger partial charge in [-0.2, -0.15) is 0 Å². The average Bonchev–Trinajstić information content (AvgIpc) is 3.28. The van der Waals surface area contributed by atoms with Gasteiger partial charge in [-0.25, -0.2) is 13.4 Å². The number of sulfone groups is 1. The number of hydrogen-bond acceptors (Lipinski definition) is 7. The average molecular weight is 493 g/mol. The van der Waals surface area contributed by atoms with Crippen LogP contribution in [-0.4, -0.2) is 46.0 Å². The van der Waals surface area contributed by atoms with Crippen molar-refractivity contribution in [3.8, 4) is 11.5 Å². The van der Waals surface area contributed by atoms with Gasteiger partial charge in [0.15, 0.2) is 15.0 Å². The molecule has 3 aromatic rings. The Morgan fingerprint density at radius 1 is 1.09 bits per heavy atom. The Balaban J connectivity index is 1.44. The molecule has 0 spiro atoms. The van der Waals surface area contributed by atoms with Crippen LogP contribution in [0.5, 0.6) is 11.5 Å². The minimum absolute atomic E-state index is 0.166. The van der Waals surface area contributed by atoms with E-state index in [1.54, 1.807) is 30.6 Å². The van der Waals surface area contributed by atoms with E-state index in [0.717, 1.165) is 22.1 Å². The highest BCUT2D eigenvalue weighted by atomic mass is 35.5. The van der Waals surface area contributed by atoms with Crippen molar-refractivity contribution in [2.24, 2.45) is 0 Å². The lowest BCUT2D eigenvalue weighted by atomic mass is 10.1. The summed E-state index contributed by atoms with van der Waals surface area (Å²) in [4.78, 5) is 7.12. The molecule has 2 aromatic carbocycles. The van der Waals surface area contributed by atoms with Crippen molar-refractivity contribution in [2.45, 2.75) is 29.4 Å². The third-order valence-corrected chi connectivity index (χ3v) is 9.15. The van der Waals surface area contributed by atoms with E-state index in [1.165, 1.54) is 13.2 Å². The lowest BCUT2D eigenvalue weighted by Gasteiger charge is -2.31. The highest BCUT2D eigenvalue weighted by molar-refractivity contribution is 7.92. The van der Waals surface area contributed by atoms with Crippen molar-refractivity contribution in [3.05, 3.63) is 64.1 Å². The number of aromatic nitrogens is 1. The number of halogens is 1. The summed E-state index contributed by atoms with van der Waals surface area (Å²) in [7, 11) is -0.406. The Labute approximate surface area is 197 Å². The van der Waals surface area contributed by atoms with Crippen LogP contribution in [0.2, 0.25) is 5.02 Å². The molecule has 32 heavy (non-hydrogen) atoms. The first kappa shape index (κ1) is 22.9. The summed E-state index contributed by atoms with van der Waals surface area (Å²) in [6.45, 7) is 1.27. The van der Waals surface area contributed by atoms with E-state index in [0.29, 0.717) is 43.1 Å². The van der Waals surface area contributed by atoms with Gasteiger partial charge in [-0.05, 0) is 37.1 Å². The normalized spacial score (nSPS) is 15.0. The molecule has 1 saturated heterocycles. The van der Waals surface area contributed by atoms with E-state index >= 15 is 0 Å². The van der Waals surface area contributed by atoms with Gasteiger partial charge in [-0.3, -0.25) is 0 Å². The molecule has 0 N–H and O–H groups in total. The zero-order valence-electron chi connectivity index (χ0n) is 18.0. The van der Waals surface area contributed by atoms with Gasteiger partial charge in [-0.1, -0.05) is 29.8 Å². The highest BCUT2D eigenvalue weighted by Gasteiger charge is 2.34. The zero-order valence-corrected chi connectivity index (χ0v) is 20.3. The van der Waals surface area contributed by atoms with E-state index in [9.17, 15) is 8.42 Å². The fourth-order valence-electron chi connectivity index (χ4n) is 3.98. The monoisotopic (exact) mass is 492 g/mol. The van der Waals surface area contributed by atoms with Gasteiger partial charge in [0.2, 0.25) is 0 Å². The maximum Gasteiger partial charge on any atom is 0.185 e. The van der Waals surface area contributed by atoms with E-state index in [2.05, 4.69) is 10.3 Å². The van der Waals surface area contributed by atoms with Crippen LogP contribution in [0.3, 0.4) is 0 Å². The lowest BCUT2D eigenvalue weighted by molar-refractivity contribution is 0.402. The maximum atomic E-state index is 13.2. The number of benzene rings is 2. The summed E-state index contributed by atoms with van der Waals surface area (Å²) in [5, 5.41) is 2.89. The quantitative estimate of drug-likeness (QED) is 0.469. The summed E-state index contributed by atoms with van der Waals surface area (Å²) in [5.41, 5.74) is 2.07. The lowest BCUT2D eigenvalue weighted by Crippen LogP contribution is -2.39. The Morgan fingerprint density at radius 3 is 2.53 bits per heavy atom. The van der Waals surface area contributed by atoms with Crippen molar-refractivity contribution in [2.75, 3.05) is 32.2 Å². The summed E-state index contributed by atoms with van der Waals surface area (Å²) in [5.74, 6) is 1.18. The smallest absolute Gasteiger partial charge is 0.185 e. The number of nitrogens with zero attached hydrogens (tertiary/aromatic N) is 2. The Kier molecular flexibility index (Phi) is 6.93. The van der Waals surface area contributed by atoms with Crippen molar-refractivity contribution >= 4 is 37.9 Å². The van der Waals surface area contributed by atoms with Gasteiger partial charge in [-0.15, -0.1) is 11.3 Å². The molecule has 170 valence electrons. The molecule has 0 unspecified atom stereocenters. The molecule has 0 atom stereocenters. The van der Waals surface area contributed by atoms with Crippen LogP contribution in [0.4, 0.5) is 5.13 Å². The predicted molar refractivity (Wildman–Crippen MR) is 128 cm³/mol. The molecule has 0 saturated carbocycles. The molecule has 9 heteroatoms. The summed E-state index contributed by atoms with van der Waals surface area (Å²) >= 11 is 7.65. The minimum Gasteiger partial charge on any atom is -0.496 e. The molecular weight excluding hydrogens is 468 g/mol. The molecular formula is C23H25ClN2O4S2. The molecule has 1 fully saturated rings. The van der Waals surface area contributed by atoms with Crippen LogP contribution in [0.15, 0.2) is 52.7 Å². The third kappa shape index (κ3) is 4.72. The van der Waals surface area contributed by atoms with Crippen LogP contribution in [0, 0.1) is 0 Å². The van der Waals surface area contributed by atoms with Gasteiger partial charge in [0.25, 0.3) is 0 Å². The molecule has 4 rings (SSSR count). The SMILES string of the molecule is COc1ccccc1Cc1csc(N2CCC(S(=O)(=O)c3cc(Cl)ccc3OC)CC2)n1. The number of hydrogen-bond donors (Lipinski definition) is 0. The van der Waals surface area contributed by atoms with E-state index in [1.807, 2.05) is 24.3 Å². The Hall–Kier alpha value is -2.29. The fourth-order valence-corrected chi connectivity index (χ4v) is 7.01. The second-order valence-electron chi connectivity index (χ2n) is 7.64. The molecule has 2 heterocycles. The molecule has 1 aliphatic heterocycles. The van der Waals surface area contributed by atoms with Gasteiger partial charge in [0.1, 0.15) is 16.4 Å². The Morgan fingerprint density at radius 2 is 1.81 bits per heavy atom. The standard InChI is InChI=1S/C23H25ClN2O4S2/c1-29-20-6-4-3-5-16(20)13-18-15-31-23(25-18)26-11-9-19(10-12-26)32(27,28)22-14-17(24)7-8-21(22)30-2/h3-8,14-15,19H,9-13H2,1-2H3. The molecule has 0 aliphatic carbocycles. The number of anilines is 1. The Bertz CT molecular complexity index is 1190.